The third-order valence-electron chi connectivity index (χ3n) is 10.1. The molecule has 0 radical (unpaired) electrons. The summed E-state index contributed by atoms with van der Waals surface area (Å²) in [6.45, 7) is 20.4. The Labute approximate surface area is 364 Å². The summed E-state index contributed by atoms with van der Waals surface area (Å²) in [5.74, 6) is -3.57. The lowest BCUT2D eigenvalue weighted by Crippen LogP contribution is -2.48. The van der Waals surface area contributed by atoms with Crippen molar-refractivity contribution in [1.29, 1.82) is 0 Å². The number of Topliss-reactive ketones (excluding diaryl/α,β-unsaturated/α-hetero) is 1. The van der Waals surface area contributed by atoms with Gasteiger partial charge in [-0.3, -0.25) is 33.8 Å². The zero-order valence-corrected chi connectivity index (χ0v) is 40.3. The highest BCUT2D eigenvalue weighted by atomic mass is 31.0. The number of rotatable bonds is 37. The monoisotopic (exact) mass is 873 g/mol. The number of esters is 2. The maximum Gasteiger partial charge on any atom is 0.323 e. The Bertz CT molecular complexity index is 1300. The number of hydrogen-bond donors (Lipinski definition) is 3. The van der Waals surface area contributed by atoms with Crippen LogP contribution in [0.5, 0.6) is 0 Å². The van der Waals surface area contributed by atoms with E-state index in [9.17, 15) is 28.8 Å². The lowest BCUT2D eigenvalue weighted by atomic mass is 9.89. The van der Waals surface area contributed by atoms with Gasteiger partial charge < -0.3 is 44.6 Å². The largest absolute Gasteiger partial charge is 0.422 e. The average molecular weight is 873 g/mol. The predicted octanol–water partition coefficient (Wildman–Crippen LogP) is 2.51. The summed E-state index contributed by atoms with van der Waals surface area (Å²) in [7, 11) is 8.06. The van der Waals surface area contributed by atoms with Crippen LogP contribution in [0.2, 0.25) is 0 Å². The third kappa shape index (κ3) is 28.9. The van der Waals surface area contributed by atoms with Gasteiger partial charge in [-0.15, -0.1) is 0 Å². The molecule has 16 nitrogen and oxygen atoms in total. The molecule has 0 saturated carbocycles. The van der Waals surface area contributed by atoms with Gasteiger partial charge in [-0.2, -0.15) is 9.12 Å². The van der Waals surface area contributed by atoms with Crippen molar-refractivity contribution in [3.63, 3.8) is 0 Å². The Kier molecular flexibility index (Phi) is 30.0. The molecule has 348 valence electrons. The number of nitrogens with one attached hydrogen (secondary N) is 3. The Morgan fingerprint density at radius 3 is 1.88 bits per heavy atom. The van der Waals surface area contributed by atoms with Gasteiger partial charge in [0.05, 0.1) is 49.7 Å². The number of amides is 2. The number of carbonyl (C=O) groups is 6. The summed E-state index contributed by atoms with van der Waals surface area (Å²) in [6.07, 6.45) is 2.49. The van der Waals surface area contributed by atoms with Gasteiger partial charge in [0.1, 0.15) is 5.78 Å². The van der Waals surface area contributed by atoms with Crippen molar-refractivity contribution < 1.29 is 47.7 Å². The summed E-state index contributed by atoms with van der Waals surface area (Å²) in [6, 6.07) is 0. The number of hydrogen-bond acceptors (Lipinski definition) is 14. The van der Waals surface area contributed by atoms with Crippen molar-refractivity contribution in [3.8, 4) is 0 Å². The molecule has 0 spiro atoms. The van der Waals surface area contributed by atoms with Crippen molar-refractivity contribution in [2.45, 2.75) is 130 Å². The van der Waals surface area contributed by atoms with Gasteiger partial charge in [0.25, 0.3) is 5.79 Å². The number of unbranched alkanes of at least 4 members (excludes halogenated alkanes) is 1. The van der Waals surface area contributed by atoms with E-state index in [2.05, 4.69) is 30.0 Å². The van der Waals surface area contributed by atoms with E-state index in [1.54, 1.807) is 11.9 Å². The number of carbonyl (C=O) groups excluding carboxylic acids is 6. The molecule has 0 aliphatic carbocycles. The summed E-state index contributed by atoms with van der Waals surface area (Å²) >= 11 is 0. The molecule has 0 bridgehead atoms. The standard InChI is InChI=1S/C42H82BN6O10P/c1-12-44-29-38(54)58-42(59-39(55)32-49(11)15-4,21-17-16-18-34(50)31-48(10)14-3)26-33(30-47(9)13-2)28-46-37(53)20-19-36(52)45-23-25-57-40(5,6)22-24-56-41(7,8)27-35(51)43-60/h33,43-44H,12-32,60H2,1-11H3,(H,45,52)(H,46,53)/t33?,42-/m0/s1. The zero-order valence-electron chi connectivity index (χ0n) is 39.1. The van der Waals surface area contributed by atoms with E-state index in [1.165, 1.54) is 0 Å². The highest BCUT2D eigenvalue weighted by Crippen LogP contribution is 2.31. The van der Waals surface area contributed by atoms with E-state index in [1.807, 2.05) is 74.4 Å². The van der Waals surface area contributed by atoms with Crippen molar-refractivity contribution in [3.05, 3.63) is 0 Å². The van der Waals surface area contributed by atoms with Crippen molar-refractivity contribution in [2.24, 2.45) is 5.92 Å². The Balaban J connectivity index is 5.65. The molecule has 0 fully saturated rings. The Morgan fingerprint density at radius 1 is 0.700 bits per heavy atom. The number of nitrogens with zero attached hydrogens (tertiary/aromatic N) is 3. The van der Waals surface area contributed by atoms with Gasteiger partial charge in [0, 0.05) is 58.2 Å². The van der Waals surface area contributed by atoms with Crippen LogP contribution in [0.4, 0.5) is 0 Å². The minimum absolute atomic E-state index is 0.0107. The first-order chi connectivity index (χ1) is 28.1. The molecule has 3 atom stereocenters. The predicted molar refractivity (Wildman–Crippen MR) is 241 cm³/mol. The minimum Gasteiger partial charge on any atom is -0.422 e. The van der Waals surface area contributed by atoms with E-state index in [0.717, 1.165) is 6.54 Å². The van der Waals surface area contributed by atoms with Crippen molar-refractivity contribution in [1.82, 2.24) is 30.7 Å². The van der Waals surface area contributed by atoms with Crippen LogP contribution in [0.1, 0.15) is 113 Å². The first kappa shape index (κ1) is 57.5. The van der Waals surface area contributed by atoms with Gasteiger partial charge in [-0.25, -0.2) is 0 Å². The van der Waals surface area contributed by atoms with Crippen LogP contribution in [0, 0.1) is 5.92 Å². The maximum absolute atomic E-state index is 13.4. The van der Waals surface area contributed by atoms with Crippen LogP contribution in [0.3, 0.4) is 0 Å². The fraction of sp³-hybridized carbons (Fsp3) is 0.857. The fourth-order valence-electron chi connectivity index (χ4n) is 6.19. The van der Waals surface area contributed by atoms with Crippen LogP contribution in [0.15, 0.2) is 0 Å². The second kappa shape index (κ2) is 31.3. The van der Waals surface area contributed by atoms with Crippen LogP contribution < -0.4 is 16.0 Å². The number of ether oxygens (including phenoxy) is 4. The second-order valence-electron chi connectivity index (χ2n) is 17.0. The first-order valence-electron chi connectivity index (χ1n) is 21.9. The van der Waals surface area contributed by atoms with Crippen LogP contribution in [-0.2, 0) is 47.7 Å². The second-order valence-corrected chi connectivity index (χ2v) is 17.4. The van der Waals surface area contributed by atoms with Gasteiger partial charge in [0.15, 0.2) is 0 Å². The quantitative estimate of drug-likeness (QED) is 0.0272. The Morgan fingerprint density at radius 2 is 1.28 bits per heavy atom. The van der Waals surface area contributed by atoms with E-state index in [-0.39, 0.29) is 87.7 Å². The SMILES string of the molecule is CCNCC(=O)O[C@](CCCCC(=O)CN(C)CC)(CC(CNC(=O)CCC(=O)NCCOC(C)(C)CCOC(C)(C)CC(=O)BP)CN(C)CC)OC(=O)CN(C)CC. The highest BCUT2D eigenvalue weighted by molar-refractivity contribution is 7.62. The van der Waals surface area contributed by atoms with Crippen LogP contribution >= 0.6 is 9.12 Å². The van der Waals surface area contributed by atoms with E-state index in [0.29, 0.717) is 78.4 Å². The molecule has 2 unspecified atom stereocenters. The van der Waals surface area contributed by atoms with Crippen LogP contribution in [0.25, 0.3) is 0 Å². The molecule has 18 heteroatoms. The summed E-state index contributed by atoms with van der Waals surface area (Å²) < 4.78 is 24.2. The van der Waals surface area contributed by atoms with E-state index < -0.39 is 28.9 Å². The molecule has 0 aliphatic rings. The molecular formula is C42H82BN6O10P. The molecule has 0 rings (SSSR count). The normalized spacial score (nSPS) is 13.5. The summed E-state index contributed by atoms with van der Waals surface area (Å²) in [5.41, 5.74) is -0.948. The fourth-order valence-corrected chi connectivity index (χ4v) is 6.34. The first-order valence-corrected chi connectivity index (χ1v) is 22.7. The third-order valence-corrected chi connectivity index (χ3v) is 10.6. The van der Waals surface area contributed by atoms with E-state index >= 15 is 0 Å². The van der Waals surface area contributed by atoms with E-state index in [4.69, 9.17) is 18.9 Å². The molecule has 0 aromatic carbocycles. The van der Waals surface area contributed by atoms with Gasteiger partial charge in [-0.05, 0) is 100 Å². The van der Waals surface area contributed by atoms with Crippen molar-refractivity contribution in [2.75, 3.05) is 99.8 Å². The molecule has 0 aromatic rings. The smallest absolute Gasteiger partial charge is 0.323 e. The Hall–Kier alpha value is -2.53. The molecule has 0 heterocycles. The lowest BCUT2D eigenvalue weighted by Gasteiger charge is -2.37. The molecule has 0 saturated heterocycles. The number of likely N-dealkylation sites (N-methyl/N-ethyl adjacent to an activating group) is 3. The molecular weight excluding hydrogens is 790 g/mol. The van der Waals surface area contributed by atoms with Gasteiger partial charge in [-0.1, -0.05) is 27.7 Å². The topological polar surface area (TPSA) is 185 Å². The molecule has 2 amide bonds. The number of ketones is 1. The van der Waals surface area contributed by atoms with Gasteiger partial charge >= 0.3 is 11.9 Å². The average Bonchev–Trinajstić information content (AvgIpc) is 3.17. The van der Waals surface area contributed by atoms with Crippen molar-refractivity contribution >= 4 is 51.3 Å². The minimum atomic E-state index is -1.64. The maximum atomic E-state index is 13.4. The molecule has 0 aliphatic heterocycles. The zero-order chi connectivity index (χ0) is 45.8. The molecule has 60 heavy (non-hydrogen) atoms. The summed E-state index contributed by atoms with van der Waals surface area (Å²) in [5, 5.41) is 8.74. The van der Waals surface area contributed by atoms with Gasteiger partial charge in [0.2, 0.25) is 18.8 Å². The molecule has 0 aromatic heterocycles. The highest BCUT2D eigenvalue weighted by Gasteiger charge is 2.41. The summed E-state index contributed by atoms with van der Waals surface area (Å²) in [4.78, 5) is 82.6. The van der Waals surface area contributed by atoms with Crippen LogP contribution in [-0.4, -0.2) is 174 Å². The molecule has 3 N–H and O–H groups in total. The lowest BCUT2D eigenvalue weighted by molar-refractivity contribution is -0.238.